The second-order valence-corrected chi connectivity index (χ2v) is 7.98. The third-order valence-corrected chi connectivity index (χ3v) is 5.57. The molecule has 1 saturated heterocycles. The molecule has 3 amide bonds. The number of hydrogen-bond acceptors (Lipinski definition) is 5. The van der Waals surface area contributed by atoms with Crippen LogP contribution in [0.25, 0.3) is 6.08 Å². The van der Waals surface area contributed by atoms with Crippen molar-refractivity contribution in [3.63, 3.8) is 0 Å². The zero-order valence-corrected chi connectivity index (χ0v) is 18.8. The van der Waals surface area contributed by atoms with Gasteiger partial charge in [-0.3, -0.25) is 4.79 Å². The van der Waals surface area contributed by atoms with Crippen LogP contribution in [-0.4, -0.2) is 50.3 Å². The normalized spacial score (nSPS) is 15.6. The molecule has 33 heavy (non-hydrogen) atoms. The highest BCUT2D eigenvalue weighted by Crippen LogP contribution is 2.40. The van der Waals surface area contributed by atoms with Gasteiger partial charge in [0.1, 0.15) is 13.2 Å². The van der Waals surface area contributed by atoms with Crippen LogP contribution < -0.4 is 24.8 Å². The summed E-state index contributed by atoms with van der Waals surface area (Å²) in [5, 5.41) is 5.75. The summed E-state index contributed by atoms with van der Waals surface area (Å²) in [6, 6.07) is 10.6. The maximum absolute atomic E-state index is 12.4. The molecule has 0 aliphatic carbocycles. The van der Waals surface area contributed by atoms with Gasteiger partial charge in [-0.2, -0.15) is 0 Å². The molecule has 2 heterocycles. The summed E-state index contributed by atoms with van der Waals surface area (Å²) in [5.41, 5.74) is 2.09. The van der Waals surface area contributed by atoms with Crippen molar-refractivity contribution < 1.29 is 23.8 Å². The average molecular weight is 452 g/mol. The summed E-state index contributed by atoms with van der Waals surface area (Å²) in [5.74, 6) is 1.46. The van der Waals surface area contributed by atoms with Gasteiger partial charge in [-0.05, 0) is 60.9 Å². The first-order valence-electron chi connectivity index (χ1n) is 11.2. The van der Waals surface area contributed by atoms with Crippen LogP contribution in [0, 0.1) is 0 Å². The SMILES string of the molecule is COc1cc(/C=C/C(=O)Nc2ccc(NC(=O)N3CCCCCC3)cc2)cc2c1OCCO2. The number of carbonyl (C=O) groups excluding carboxylic acids is 2. The molecule has 0 unspecified atom stereocenters. The summed E-state index contributed by atoms with van der Waals surface area (Å²) in [6.07, 6.45) is 7.57. The molecule has 2 N–H and O–H groups in total. The van der Waals surface area contributed by atoms with E-state index in [9.17, 15) is 9.59 Å². The van der Waals surface area contributed by atoms with E-state index in [4.69, 9.17) is 14.2 Å². The number of nitrogens with zero attached hydrogens (tertiary/aromatic N) is 1. The van der Waals surface area contributed by atoms with E-state index in [0.717, 1.165) is 31.5 Å². The summed E-state index contributed by atoms with van der Waals surface area (Å²) in [6.45, 7) is 2.53. The third kappa shape index (κ3) is 5.97. The molecule has 174 valence electrons. The lowest BCUT2D eigenvalue weighted by Crippen LogP contribution is -2.35. The van der Waals surface area contributed by atoms with E-state index in [0.29, 0.717) is 41.8 Å². The van der Waals surface area contributed by atoms with Gasteiger partial charge in [0.15, 0.2) is 11.5 Å². The molecule has 0 radical (unpaired) electrons. The molecule has 0 saturated carbocycles. The van der Waals surface area contributed by atoms with Crippen molar-refractivity contribution in [2.45, 2.75) is 25.7 Å². The minimum Gasteiger partial charge on any atom is -0.493 e. The number of fused-ring (bicyclic) bond motifs is 1. The zero-order valence-electron chi connectivity index (χ0n) is 18.8. The van der Waals surface area contributed by atoms with Crippen LogP contribution in [0.4, 0.5) is 16.2 Å². The highest BCUT2D eigenvalue weighted by molar-refractivity contribution is 6.02. The fraction of sp³-hybridized carbons (Fsp3) is 0.360. The molecule has 8 heteroatoms. The summed E-state index contributed by atoms with van der Waals surface area (Å²) in [7, 11) is 1.56. The number of methoxy groups -OCH3 is 1. The van der Waals surface area contributed by atoms with Crippen molar-refractivity contribution in [2.75, 3.05) is 44.0 Å². The Morgan fingerprint density at radius 3 is 2.30 bits per heavy atom. The summed E-state index contributed by atoms with van der Waals surface area (Å²) >= 11 is 0. The number of amides is 3. The Hall–Kier alpha value is -3.68. The van der Waals surface area contributed by atoms with Gasteiger partial charge >= 0.3 is 6.03 Å². The number of anilines is 2. The first-order valence-corrected chi connectivity index (χ1v) is 11.2. The fourth-order valence-electron chi connectivity index (χ4n) is 3.86. The molecule has 0 aromatic heterocycles. The maximum Gasteiger partial charge on any atom is 0.321 e. The van der Waals surface area contributed by atoms with Gasteiger partial charge in [0.2, 0.25) is 11.7 Å². The van der Waals surface area contributed by atoms with E-state index in [1.807, 2.05) is 11.0 Å². The highest BCUT2D eigenvalue weighted by Gasteiger charge is 2.18. The van der Waals surface area contributed by atoms with Crippen LogP contribution in [0.15, 0.2) is 42.5 Å². The van der Waals surface area contributed by atoms with Gasteiger partial charge in [-0.25, -0.2) is 4.79 Å². The van der Waals surface area contributed by atoms with E-state index < -0.39 is 0 Å². The van der Waals surface area contributed by atoms with Crippen LogP contribution in [0.1, 0.15) is 31.2 Å². The van der Waals surface area contributed by atoms with Gasteiger partial charge in [0.05, 0.1) is 7.11 Å². The predicted molar refractivity (Wildman–Crippen MR) is 127 cm³/mol. The number of ether oxygens (including phenoxy) is 3. The molecule has 4 rings (SSSR count). The molecule has 0 bridgehead atoms. The van der Waals surface area contributed by atoms with Crippen LogP contribution in [0.2, 0.25) is 0 Å². The molecule has 0 spiro atoms. The number of likely N-dealkylation sites (tertiary alicyclic amines) is 1. The Balaban J connectivity index is 1.33. The molecular weight excluding hydrogens is 422 g/mol. The maximum atomic E-state index is 12.4. The van der Waals surface area contributed by atoms with E-state index in [-0.39, 0.29) is 11.9 Å². The zero-order chi connectivity index (χ0) is 23.0. The summed E-state index contributed by atoms with van der Waals surface area (Å²) < 4.78 is 16.6. The Labute approximate surface area is 193 Å². The van der Waals surface area contributed by atoms with Crippen LogP contribution in [0.3, 0.4) is 0 Å². The van der Waals surface area contributed by atoms with Gasteiger partial charge in [0, 0.05) is 30.5 Å². The van der Waals surface area contributed by atoms with Crippen molar-refractivity contribution in [3.05, 3.63) is 48.0 Å². The van der Waals surface area contributed by atoms with Gasteiger partial charge in [-0.1, -0.05) is 12.8 Å². The molecule has 2 aromatic carbocycles. The lowest BCUT2D eigenvalue weighted by Gasteiger charge is -2.21. The fourth-order valence-corrected chi connectivity index (χ4v) is 3.86. The molecule has 2 aliphatic heterocycles. The largest absolute Gasteiger partial charge is 0.493 e. The monoisotopic (exact) mass is 451 g/mol. The van der Waals surface area contributed by atoms with Gasteiger partial charge < -0.3 is 29.7 Å². The van der Waals surface area contributed by atoms with Crippen molar-refractivity contribution >= 4 is 29.4 Å². The number of benzene rings is 2. The Kier molecular flexibility index (Phi) is 7.34. The summed E-state index contributed by atoms with van der Waals surface area (Å²) in [4.78, 5) is 26.7. The van der Waals surface area contributed by atoms with E-state index >= 15 is 0 Å². The highest BCUT2D eigenvalue weighted by atomic mass is 16.6. The van der Waals surface area contributed by atoms with Gasteiger partial charge in [0.25, 0.3) is 0 Å². The first-order chi connectivity index (χ1) is 16.1. The van der Waals surface area contributed by atoms with E-state index in [1.54, 1.807) is 43.5 Å². The van der Waals surface area contributed by atoms with Crippen LogP contribution in [0.5, 0.6) is 17.2 Å². The van der Waals surface area contributed by atoms with Crippen molar-refractivity contribution in [3.8, 4) is 17.2 Å². The Bertz CT molecular complexity index is 994. The lowest BCUT2D eigenvalue weighted by atomic mass is 10.1. The Morgan fingerprint density at radius 1 is 0.939 bits per heavy atom. The minimum atomic E-state index is -0.273. The van der Waals surface area contributed by atoms with E-state index in [1.165, 1.54) is 18.9 Å². The third-order valence-electron chi connectivity index (χ3n) is 5.57. The molecule has 2 aromatic rings. The van der Waals surface area contributed by atoms with Crippen molar-refractivity contribution in [1.29, 1.82) is 0 Å². The Morgan fingerprint density at radius 2 is 1.61 bits per heavy atom. The number of hydrogen-bond donors (Lipinski definition) is 2. The van der Waals surface area contributed by atoms with Crippen LogP contribution >= 0.6 is 0 Å². The standard InChI is InChI=1S/C25H29N3O5/c1-31-21-16-18(17-22-24(21)33-15-14-32-22)6-11-23(29)26-19-7-9-20(10-8-19)27-25(30)28-12-4-2-3-5-13-28/h6-11,16-17H,2-5,12-15H2,1H3,(H,26,29)(H,27,30)/b11-6+. The number of rotatable bonds is 5. The first kappa shape index (κ1) is 22.5. The molecule has 1 fully saturated rings. The molecule has 2 aliphatic rings. The topological polar surface area (TPSA) is 89.1 Å². The molecule has 8 nitrogen and oxygen atoms in total. The van der Waals surface area contributed by atoms with Crippen molar-refractivity contribution in [1.82, 2.24) is 4.90 Å². The smallest absolute Gasteiger partial charge is 0.321 e. The van der Waals surface area contributed by atoms with Crippen molar-refractivity contribution in [2.24, 2.45) is 0 Å². The van der Waals surface area contributed by atoms with E-state index in [2.05, 4.69) is 10.6 Å². The number of urea groups is 1. The van der Waals surface area contributed by atoms with Crippen LogP contribution in [-0.2, 0) is 4.79 Å². The second-order valence-electron chi connectivity index (χ2n) is 7.98. The lowest BCUT2D eigenvalue weighted by molar-refractivity contribution is -0.111. The average Bonchev–Trinajstić information content (AvgIpc) is 3.13. The quantitative estimate of drug-likeness (QED) is 0.652. The predicted octanol–water partition coefficient (Wildman–Crippen LogP) is 4.53. The molecule has 0 atom stereocenters. The number of nitrogens with one attached hydrogen (secondary N) is 2. The second kappa shape index (κ2) is 10.8. The number of carbonyl (C=O) groups is 2. The van der Waals surface area contributed by atoms with Gasteiger partial charge in [-0.15, -0.1) is 0 Å². The molecular formula is C25H29N3O5. The minimum absolute atomic E-state index is 0.0773.